The van der Waals surface area contributed by atoms with Crippen LogP contribution in [0.2, 0.25) is 5.15 Å². The molecule has 2 aromatic heterocycles. The molecule has 6 heteroatoms. The number of aromatic nitrogens is 4. The molecule has 2 heterocycles. The van der Waals surface area contributed by atoms with Gasteiger partial charge in [-0.05, 0) is 17.7 Å². The van der Waals surface area contributed by atoms with Crippen LogP contribution in [0.5, 0.6) is 0 Å². The summed E-state index contributed by atoms with van der Waals surface area (Å²) in [6.45, 7) is 0.583. The number of imidazole rings is 1. The summed E-state index contributed by atoms with van der Waals surface area (Å²) >= 11 is 5.95. The van der Waals surface area contributed by atoms with Gasteiger partial charge in [0.15, 0.2) is 10.8 Å². The van der Waals surface area contributed by atoms with Crippen LogP contribution in [0.25, 0.3) is 11.2 Å². The molecule has 0 spiro atoms. The van der Waals surface area contributed by atoms with Crippen molar-refractivity contribution in [2.75, 3.05) is 0 Å². The summed E-state index contributed by atoms with van der Waals surface area (Å²) in [6.07, 6.45) is 3.08. The van der Waals surface area contributed by atoms with E-state index in [9.17, 15) is 0 Å². The molecule has 5 nitrogen and oxygen atoms in total. The fraction of sp³-hybridized carbons (Fsp3) is 0.0769. The third kappa shape index (κ3) is 2.14. The first-order chi connectivity index (χ1) is 9.28. The molecule has 0 aliphatic heterocycles. The molecule has 0 bridgehead atoms. The minimum Gasteiger partial charge on any atom is -0.311 e. The van der Waals surface area contributed by atoms with E-state index in [1.807, 2.05) is 22.8 Å². The highest BCUT2D eigenvalue weighted by atomic mass is 35.5. The number of nitrogens with zero attached hydrogens (tertiary/aromatic N) is 5. The highest BCUT2D eigenvalue weighted by Crippen LogP contribution is 2.18. The largest absolute Gasteiger partial charge is 0.311 e. The second-order valence-electron chi connectivity index (χ2n) is 4.02. The fourth-order valence-electron chi connectivity index (χ4n) is 1.90. The lowest BCUT2D eigenvalue weighted by atomic mass is 10.1. The molecule has 0 unspecified atom stereocenters. The molecule has 0 saturated heterocycles. The van der Waals surface area contributed by atoms with Crippen LogP contribution >= 0.6 is 11.6 Å². The van der Waals surface area contributed by atoms with E-state index in [-0.39, 0.29) is 0 Å². The summed E-state index contributed by atoms with van der Waals surface area (Å²) in [5, 5.41) is 9.23. The van der Waals surface area contributed by atoms with Crippen molar-refractivity contribution < 1.29 is 0 Å². The van der Waals surface area contributed by atoms with Crippen molar-refractivity contribution >= 4 is 22.8 Å². The first-order valence-electron chi connectivity index (χ1n) is 5.58. The maximum atomic E-state index is 8.89. The van der Waals surface area contributed by atoms with Crippen molar-refractivity contribution in [3.05, 3.63) is 53.2 Å². The third-order valence-corrected chi connectivity index (χ3v) is 3.04. The van der Waals surface area contributed by atoms with E-state index < -0.39 is 0 Å². The topological polar surface area (TPSA) is 67.4 Å². The molecule has 0 N–H and O–H groups in total. The van der Waals surface area contributed by atoms with Gasteiger partial charge in [0, 0.05) is 0 Å². The zero-order valence-corrected chi connectivity index (χ0v) is 10.5. The van der Waals surface area contributed by atoms with Gasteiger partial charge in [-0.25, -0.2) is 15.0 Å². The molecule has 0 saturated carbocycles. The van der Waals surface area contributed by atoms with E-state index >= 15 is 0 Å². The molecule has 0 atom stereocenters. The Labute approximate surface area is 114 Å². The summed E-state index contributed by atoms with van der Waals surface area (Å²) < 4.78 is 1.87. The van der Waals surface area contributed by atoms with Crippen LogP contribution in [-0.4, -0.2) is 19.5 Å². The van der Waals surface area contributed by atoms with E-state index in [1.54, 1.807) is 12.4 Å². The van der Waals surface area contributed by atoms with Crippen molar-refractivity contribution in [3.8, 4) is 6.07 Å². The smallest absolute Gasteiger partial charge is 0.165 e. The molecule has 3 aromatic rings. The number of halogens is 1. The summed E-state index contributed by atoms with van der Waals surface area (Å²) in [5.41, 5.74) is 2.91. The van der Waals surface area contributed by atoms with Gasteiger partial charge in [0.2, 0.25) is 0 Å². The fourth-order valence-corrected chi connectivity index (χ4v) is 2.08. The number of benzene rings is 1. The second kappa shape index (κ2) is 4.67. The van der Waals surface area contributed by atoms with E-state index in [1.165, 1.54) is 6.33 Å². The van der Waals surface area contributed by atoms with Gasteiger partial charge in [0.05, 0.1) is 24.5 Å². The summed E-state index contributed by atoms with van der Waals surface area (Å²) in [5.74, 6) is 0. The molecule has 0 aliphatic carbocycles. The Morgan fingerprint density at radius 3 is 3.00 bits per heavy atom. The van der Waals surface area contributed by atoms with Gasteiger partial charge in [-0.2, -0.15) is 5.26 Å². The maximum Gasteiger partial charge on any atom is 0.165 e. The zero-order valence-electron chi connectivity index (χ0n) is 9.79. The molecule has 0 aliphatic rings. The number of hydrogen-bond acceptors (Lipinski definition) is 4. The Kier molecular flexibility index (Phi) is 2.86. The quantitative estimate of drug-likeness (QED) is 0.670. The van der Waals surface area contributed by atoms with E-state index in [2.05, 4.69) is 21.0 Å². The standard InChI is InChI=1S/C13H8ClN5/c14-12-11-13(17-7-16-12)19(8-18-11)6-10-3-1-2-9(4-10)5-15/h1-4,7-8H,6H2. The van der Waals surface area contributed by atoms with Gasteiger partial charge in [-0.3, -0.25) is 0 Å². The van der Waals surface area contributed by atoms with Crippen LogP contribution < -0.4 is 0 Å². The molecule has 92 valence electrons. The first-order valence-corrected chi connectivity index (χ1v) is 5.96. The minimum absolute atomic E-state index is 0.342. The summed E-state index contributed by atoms with van der Waals surface area (Å²) in [6, 6.07) is 9.55. The molecule has 0 fully saturated rings. The first kappa shape index (κ1) is 11.6. The van der Waals surface area contributed by atoms with Crippen molar-refractivity contribution in [2.24, 2.45) is 0 Å². The number of nitriles is 1. The number of fused-ring (bicyclic) bond motifs is 1. The molecular formula is C13H8ClN5. The van der Waals surface area contributed by atoms with Gasteiger partial charge in [-0.1, -0.05) is 23.7 Å². The predicted octanol–water partition coefficient (Wildman–Crippen LogP) is 2.40. The lowest BCUT2D eigenvalue weighted by Gasteiger charge is -2.04. The van der Waals surface area contributed by atoms with Crippen LogP contribution in [0.4, 0.5) is 0 Å². The van der Waals surface area contributed by atoms with E-state index in [0.29, 0.717) is 28.4 Å². The Morgan fingerprint density at radius 1 is 1.26 bits per heavy atom. The third-order valence-electron chi connectivity index (χ3n) is 2.77. The Balaban J connectivity index is 2.02. The highest BCUT2D eigenvalue weighted by Gasteiger charge is 2.08. The summed E-state index contributed by atoms with van der Waals surface area (Å²) in [7, 11) is 0. The SMILES string of the molecule is N#Cc1cccc(Cn2cnc3c(Cl)ncnc32)c1. The number of hydrogen-bond donors (Lipinski definition) is 0. The Hall–Kier alpha value is -2.45. The summed E-state index contributed by atoms with van der Waals surface area (Å²) in [4.78, 5) is 12.3. The van der Waals surface area contributed by atoms with Crippen LogP contribution in [0, 0.1) is 11.3 Å². The average molecular weight is 270 g/mol. The van der Waals surface area contributed by atoms with Gasteiger partial charge in [0.1, 0.15) is 11.8 Å². The van der Waals surface area contributed by atoms with Gasteiger partial charge >= 0.3 is 0 Å². The molecule has 3 rings (SSSR count). The lowest BCUT2D eigenvalue weighted by Crippen LogP contribution is -1.99. The average Bonchev–Trinajstić information content (AvgIpc) is 2.84. The van der Waals surface area contributed by atoms with Crippen molar-refractivity contribution in [1.82, 2.24) is 19.5 Å². The van der Waals surface area contributed by atoms with Crippen LogP contribution in [0.15, 0.2) is 36.9 Å². The Bertz CT molecular complexity index is 787. The van der Waals surface area contributed by atoms with E-state index in [0.717, 1.165) is 5.56 Å². The Morgan fingerprint density at radius 2 is 2.16 bits per heavy atom. The van der Waals surface area contributed by atoms with Crippen LogP contribution in [0.3, 0.4) is 0 Å². The molecule has 0 radical (unpaired) electrons. The monoisotopic (exact) mass is 269 g/mol. The van der Waals surface area contributed by atoms with Crippen molar-refractivity contribution in [1.29, 1.82) is 5.26 Å². The van der Waals surface area contributed by atoms with Crippen LogP contribution in [0.1, 0.15) is 11.1 Å². The molecule has 1 aromatic carbocycles. The second-order valence-corrected chi connectivity index (χ2v) is 4.38. The predicted molar refractivity (Wildman–Crippen MR) is 70.6 cm³/mol. The normalized spacial score (nSPS) is 10.5. The van der Waals surface area contributed by atoms with E-state index in [4.69, 9.17) is 16.9 Å². The molecular weight excluding hydrogens is 262 g/mol. The van der Waals surface area contributed by atoms with Crippen molar-refractivity contribution in [2.45, 2.75) is 6.54 Å². The van der Waals surface area contributed by atoms with Crippen molar-refractivity contribution in [3.63, 3.8) is 0 Å². The number of rotatable bonds is 2. The van der Waals surface area contributed by atoms with Gasteiger partial charge in [-0.15, -0.1) is 0 Å². The van der Waals surface area contributed by atoms with Crippen LogP contribution in [-0.2, 0) is 6.54 Å². The minimum atomic E-state index is 0.342. The van der Waals surface area contributed by atoms with Gasteiger partial charge in [0.25, 0.3) is 0 Å². The molecule has 0 amide bonds. The molecule has 19 heavy (non-hydrogen) atoms. The van der Waals surface area contributed by atoms with Gasteiger partial charge < -0.3 is 4.57 Å². The maximum absolute atomic E-state index is 8.89. The highest BCUT2D eigenvalue weighted by molar-refractivity contribution is 6.33. The lowest BCUT2D eigenvalue weighted by molar-refractivity contribution is 0.813. The zero-order chi connectivity index (χ0) is 13.2.